The summed E-state index contributed by atoms with van der Waals surface area (Å²) in [5.74, 6) is -0.843. The van der Waals surface area contributed by atoms with Crippen LogP contribution in [0.15, 0.2) is 46.5 Å². The van der Waals surface area contributed by atoms with E-state index in [2.05, 4.69) is 4.74 Å². The number of rotatable bonds is 2. The molecular weight excluding hydrogens is 278 g/mol. The molecule has 0 spiro atoms. The van der Waals surface area contributed by atoms with Crippen molar-refractivity contribution in [1.82, 2.24) is 0 Å². The van der Waals surface area contributed by atoms with Crippen LogP contribution in [0.4, 0.5) is 0 Å². The number of methoxy groups -OCH3 is 1. The van der Waals surface area contributed by atoms with Crippen molar-refractivity contribution >= 4 is 29.1 Å². The molecule has 0 aromatic heterocycles. The minimum absolute atomic E-state index is 0.0388. The highest BCUT2D eigenvalue weighted by Gasteiger charge is 2.28. The summed E-state index contributed by atoms with van der Waals surface area (Å²) in [6, 6.07) is 6.77. The number of allylic oxidation sites excluding steroid dienone is 3. The number of halogens is 1. The lowest BCUT2D eigenvalue weighted by Gasteiger charge is -2.17. The van der Waals surface area contributed by atoms with Crippen LogP contribution in [0.3, 0.4) is 0 Å². The van der Waals surface area contributed by atoms with Crippen molar-refractivity contribution in [2.24, 2.45) is 0 Å². The molecule has 0 saturated carbocycles. The smallest absolute Gasteiger partial charge is 0.333 e. The molecule has 0 atom stereocenters. The summed E-state index contributed by atoms with van der Waals surface area (Å²) in [5, 5.41) is 8.04. The van der Waals surface area contributed by atoms with Crippen molar-refractivity contribution < 1.29 is 14.3 Å². The van der Waals surface area contributed by atoms with Gasteiger partial charge in [-0.3, -0.25) is 10.2 Å². The predicted molar refractivity (Wildman–Crippen MR) is 76.3 cm³/mol. The number of benzene rings is 1. The highest BCUT2D eigenvalue weighted by molar-refractivity contribution is 6.51. The van der Waals surface area contributed by atoms with Gasteiger partial charge in [0.05, 0.1) is 17.9 Å². The molecule has 0 aliphatic heterocycles. The van der Waals surface area contributed by atoms with Gasteiger partial charge in [-0.15, -0.1) is 0 Å². The van der Waals surface area contributed by atoms with Crippen molar-refractivity contribution in [2.75, 3.05) is 7.11 Å². The molecule has 0 saturated heterocycles. The number of carbonyl (C=O) groups excluding carboxylic acids is 2. The Morgan fingerprint density at radius 2 is 1.90 bits per heavy atom. The van der Waals surface area contributed by atoms with Crippen LogP contribution in [-0.4, -0.2) is 24.6 Å². The Morgan fingerprint density at radius 1 is 1.30 bits per heavy atom. The lowest BCUT2D eigenvalue weighted by atomic mass is 9.88. The molecule has 0 bridgehead atoms. The molecule has 0 amide bonds. The van der Waals surface area contributed by atoms with Crippen molar-refractivity contribution in [3.63, 3.8) is 0 Å². The minimum atomic E-state index is -0.542. The van der Waals surface area contributed by atoms with Gasteiger partial charge in [0.2, 0.25) is 0 Å². The second-order valence-electron chi connectivity index (χ2n) is 4.30. The van der Waals surface area contributed by atoms with E-state index in [4.69, 9.17) is 17.0 Å². The summed E-state index contributed by atoms with van der Waals surface area (Å²) >= 11 is 6.09. The van der Waals surface area contributed by atoms with Gasteiger partial charge in [-0.1, -0.05) is 35.9 Å². The molecule has 0 unspecified atom stereocenters. The third kappa shape index (κ3) is 2.30. The van der Waals surface area contributed by atoms with Crippen LogP contribution >= 0.6 is 11.6 Å². The quantitative estimate of drug-likeness (QED) is 0.672. The number of ketones is 1. The number of hydrogen-bond acceptors (Lipinski definition) is 4. The summed E-state index contributed by atoms with van der Waals surface area (Å²) < 4.78 is 4.58. The Labute approximate surface area is 121 Å². The van der Waals surface area contributed by atoms with Crippen LogP contribution in [-0.2, 0) is 9.53 Å². The maximum absolute atomic E-state index is 12.4. The normalized spacial score (nSPS) is 15.2. The first-order valence-electron chi connectivity index (χ1n) is 5.86. The van der Waals surface area contributed by atoms with E-state index in [1.165, 1.54) is 20.1 Å². The van der Waals surface area contributed by atoms with Gasteiger partial charge in [-0.25, -0.2) is 4.79 Å². The Bertz CT molecular complexity index is 686. The fourth-order valence-electron chi connectivity index (χ4n) is 1.96. The third-order valence-electron chi connectivity index (χ3n) is 3.01. The van der Waals surface area contributed by atoms with E-state index < -0.39 is 5.97 Å². The molecule has 1 N–H and O–H groups in total. The van der Waals surface area contributed by atoms with Gasteiger partial charge in [0.15, 0.2) is 5.78 Å². The average Bonchev–Trinajstić information content (AvgIpc) is 2.48. The number of ether oxygens (including phenoxy) is 1. The monoisotopic (exact) mass is 289 g/mol. The van der Waals surface area contributed by atoms with E-state index in [0.717, 1.165) is 0 Å². The molecule has 1 aromatic rings. The summed E-state index contributed by atoms with van der Waals surface area (Å²) in [6.07, 6.45) is 1.36. The van der Waals surface area contributed by atoms with E-state index in [9.17, 15) is 9.59 Å². The zero-order valence-electron chi connectivity index (χ0n) is 11.0. The molecule has 4 nitrogen and oxygen atoms in total. The van der Waals surface area contributed by atoms with Crippen molar-refractivity contribution in [1.29, 1.82) is 5.41 Å². The van der Waals surface area contributed by atoms with E-state index in [0.29, 0.717) is 11.1 Å². The fraction of sp³-hybridized carbons (Fsp3) is 0.133. The first kappa shape index (κ1) is 14.2. The van der Waals surface area contributed by atoms with Crippen LogP contribution in [0.5, 0.6) is 0 Å². The van der Waals surface area contributed by atoms with Gasteiger partial charge in [0, 0.05) is 22.3 Å². The average molecular weight is 290 g/mol. The van der Waals surface area contributed by atoms with Gasteiger partial charge in [-0.05, 0) is 13.0 Å². The molecule has 5 heteroatoms. The Hall–Kier alpha value is -2.20. The van der Waals surface area contributed by atoms with Crippen LogP contribution in [0.25, 0.3) is 0 Å². The molecule has 1 aromatic carbocycles. The molecule has 0 radical (unpaired) electrons. The maximum atomic E-state index is 12.4. The molecular formula is C15H12ClNO3. The van der Waals surface area contributed by atoms with E-state index in [1.54, 1.807) is 24.3 Å². The van der Waals surface area contributed by atoms with Crippen LogP contribution in [0, 0.1) is 5.41 Å². The minimum Gasteiger partial charge on any atom is -0.466 e. The summed E-state index contributed by atoms with van der Waals surface area (Å²) in [7, 11) is 1.26. The number of carbonyl (C=O) groups is 2. The van der Waals surface area contributed by atoms with Gasteiger partial charge in [0.1, 0.15) is 0 Å². The lowest BCUT2D eigenvalue weighted by Crippen LogP contribution is -2.19. The zero-order valence-corrected chi connectivity index (χ0v) is 11.7. The van der Waals surface area contributed by atoms with E-state index >= 15 is 0 Å². The van der Waals surface area contributed by atoms with Crippen molar-refractivity contribution in [2.45, 2.75) is 6.92 Å². The number of hydrogen-bond donors (Lipinski definition) is 1. The van der Waals surface area contributed by atoms with Crippen molar-refractivity contribution in [3.05, 3.63) is 57.6 Å². The number of esters is 1. The van der Waals surface area contributed by atoms with Gasteiger partial charge < -0.3 is 4.74 Å². The summed E-state index contributed by atoms with van der Waals surface area (Å²) in [4.78, 5) is 23.8. The molecule has 0 heterocycles. The summed E-state index contributed by atoms with van der Waals surface area (Å²) in [6.45, 7) is 1.53. The molecule has 0 fully saturated rings. The predicted octanol–water partition coefficient (Wildman–Crippen LogP) is 2.86. The number of Topliss-reactive ketones (excluding diaryl/α,β-unsaturated/α-hetero) is 1. The van der Waals surface area contributed by atoms with Crippen LogP contribution < -0.4 is 0 Å². The first-order valence-corrected chi connectivity index (χ1v) is 6.24. The molecule has 1 aliphatic rings. The van der Waals surface area contributed by atoms with Gasteiger partial charge in [-0.2, -0.15) is 0 Å². The van der Waals surface area contributed by atoms with Crippen molar-refractivity contribution in [3.8, 4) is 0 Å². The Kier molecular flexibility index (Phi) is 3.86. The highest BCUT2D eigenvalue weighted by Crippen LogP contribution is 2.29. The molecule has 1 aliphatic carbocycles. The first-order chi connectivity index (χ1) is 9.47. The maximum Gasteiger partial charge on any atom is 0.333 e. The fourth-order valence-corrected chi connectivity index (χ4v) is 2.20. The lowest BCUT2D eigenvalue weighted by molar-refractivity contribution is -0.136. The zero-order chi connectivity index (χ0) is 14.9. The SMILES string of the molecule is COC(=O)/C(C)=C/C1=C(Cl)C(=N)c2ccccc2C1=O. The van der Waals surface area contributed by atoms with E-state index in [1.807, 2.05) is 0 Å². The Morgan fingerprint density at radius 3 is 2.50 bits per heavy atom. The van der Waals surface area contributed by atoms with Gasteiger partial charge >= 0.3 is 5.97 Å². The van der Waals surface area contributed by atoms with Gasteiger partial charge in [0.25, 0.3) is 0 Å². The largest absolute Gasteiger partial charge is 0.466 e. The summed E-state index contributed by atoms with van der Waals surface area (Å²) in [5.41, 5.74) is 1.37. The third-order valence-corrected chi connectivity index (χ3v) is 3.40. The number of nitrogens with one attached hydrogen (secondary N) is 1. The van der Waals surface area contributed by atoms with Crippen LogP contribution in [0.1, 0.15) is 22.8 Å². The second-order valence-corrected chi connectivity index (χ2v) is 4.67. The highest BCUT2D eigenvalue weighted by atomic mass is 35.5. The second kappa shape index (κ2) is 5.43. The Balaban J connectivity index is 2.56. The van der Waals surface area contributed by atoms with E-state index in [-0.39, 0.29) is 27.7 Å². The topological polar surface area (TPSA) is 67.2 Å². The molecule has 20 heavy (non-hydrogen) atoms. The van der Waals surface area contributed by atoms with Crippen LogP contribution in [0.2, 0.25) is 0 Å². The molecule has 2 rings (SSSR count). The standard InChI is InChI=1S/C15H12ClNO3/c1-8(15(19)20-2)7-11-12(16)13(17)9-5-3-4-6-10(9)14(11)18/h3-7,17H,1-2H3/b8-7+,17-13?. The number of fused-ring (bicyclic) bond motifs is 1. The molecule has 102 valence electrons.